The third kappa shape index (κ3) is 2.51. The maximum Gasteiger partial charge on any atom is 0.146 e. The van der Waals surface area contributed by atoms with E-state index in [2.05, 4.69) is 25.5 Å². The summed E-state index contributed by atoms with van der Waals surface area (Å²) in [6.07, 6.45) is 2.02. The van der Waals surface area contributed by atoms with Crippen LogP contribution in [0.15, 0.2) is 59.2 Å². The molecule has 3 aromatic rings. The highest BCUT2D eigenvalue weighted by Gasteiger charge is 2.12. The van der Waals surface area contributed by atoms with Gasteiger partial charge in [0.25, 0.3) is 0 Å². The Balaban J connectivity index is 2.18. The first-order valence-electron chi connectivity index (χ1n) is 6.22. The number of nitrogens with zero attached hydrogens (tertiary/aromatic N) is 2. The van der Waals surface area contributed by atoms with Crippen LogP contribution in [-0.2, 0) is 0 Å². The van der Waals surface area contributed by atoms with Crippen LogP contribution in [0.5, 0.6) is 0 Å². The van der Waals surface area contributed by atoms with E-state index in [1.54, 1.807) is 0 Å². The monoisotopic (exact) mass is 346 g/mol. The van der Waals surface area contributed by atoms with Crippen LogP contribution in [0.2, 0.25) is 5.02 Å². The molecular weight excluding hydrogens is 336 g/mol. The van der Waals surface area contributed by atoms with Gasteiger partial charge >= 0.3 is 0 Å². The smallest absolute Gasteiger partial charge is 0.146 e. The fraction of sp³-hybridized carbons (Fsp3) is 0.0625. The first-order valence-corrected chi connectivity index (χ1v) is 7.39. The molecule has 0 aliphatic carbocycles. The van der Waals surface area contributed by atoms with Crippen LogP contribution in [-0.4, -0.2) is 9.55 Å². The molecule has 0 spiro atoms. The molecule has 0 bridgehead atoms. The van der Waals surface area contributed by atoms with Crippen LogP contribution in [0.1, 0.15) is 5.69 Å². The summed E-state index contributed by atoms with van der Waals surface area (Å²) in [6.45, 7) is 1.98. The fourth-order valence-corrected chi connectivity index (χ4v) is 2.61. The van der Waals surface area contributed by atoms with Crippen molar-refractivity contribution in [1.29, 1.82) is 0 Å². The van der Waals surface area contributed by atoms with Gasteiger partial charge in [0.15, 0.2) is 0 Å². The Morgan fingerprint density at radius 1 is 1.05 bits per heavy atom. The molecule has 0 saturated carbocycles. The number of aryl methyl sites for hydroxylation is 1. The molecule has 20 heavy (non-hydrogen) atoms. The Morgan fingerprint density at radius 3 is 2.45 bits per heavy atom. The molecule has 0 radical (unpaired) electrons. The van der Waals surface area contributed by atoms with E-state index in [0.717, 1.165) is 27.2 Å². The number of halogens is 2. The van der Waals surface area contributed by atoms with Gasteiger partial charge in [-0.25, -0.2) is 4.98 Å². The molecule has 0 amide bonds. The normalized spacial score (nSPS) is 10.8. The average molecular weight is 348 g/mol. The first kappa shape index (κ1) is 13.4. The summed E-state index contributed by atoms with van der Waals surface area (Å²) in [5, 5.41) is 0.705. The van der Waals surface area contributed by atoms with Crippen LogP contribution < -0.4 is 0 Å². The Bertz CT molecular complexity index is 747. The van der Waals surface area contributed by atoms with Crippen molar-refractivity contribution >= 4 is 27.5 Å². The molecule has 4 heteroatoms. The number of rotatable bonds is 2. The largest absolute Gasteiger partial charge is 0.299 e. The van der Waals surface area contributed by atoms with Crippen LogP contribution >= 0.6 is 27.5 Å². The van der Waals surface area contributed by atoms with Crippen molar-refractivity contribution in [2.75, 3.05) is 0 Å². The second-order valence-corrected chi connectivity index (χ2v) is 5.86. The second kappa shape index (κ2) is 5.43. The maximum absolute atomic E-state index is 6.29. The summed E-state index contributed by atoms with van der Waals surface area (Å²) >= 11 is 9.74. The molecule has 1 aromatic heterocycles. The Labute approximate surface area is 131 Å². The molecule has 2 aromatic carbocycles. The molecule has 0 atom stereocenters. The van der Waals surface area contributed by atoms with Crippen LogP contribution in [0.4, 0.5) is 0 Å². The zero-order valence-corrected chi connectivity index (χ0v) is 13.2. The average Bonchev–Trinajstić information content (AvgIpc) is 2.82. The number of hydrogen-bond donors (Lipinski definition) is 0. The number of hydrogen-bond acceptors (Lipinski definition) is 1. The van der Waals surface area contributed by atoms with E-state index in [1.807, 2.05) is 61.7 Å². The van der Waals surface area contributed by atoms with Gasteiger partial charge in [0.05, 0.1) is 10.7 Å². The molecule has 3 rings (SSSR count). The molecule has 0 aliphatic rings. The van der Waals surface area contributed by atoms with E-state index < -0.39 is 0 Å². The SMILES string of the molecule is Cc1cn(-c2ccc(Br)cc2)c(-c2ccccc2Cl)n1. The molecule has 0 fully saturated rings. The van der Waals surface area contributed by atoms with E-state index >= 15 is 0 Å². The van der Waals surface area contributed by atoms with E-state index in [9.17, 15) is 0 Å². The van der Waals surface area contributed by atoms with Crippen LogP contribution in [0.25, 0.3) is 17.1 Å². The van der Waals surface area contributed by atoms with Gasteiger partial charge in [-0.1, -0.05) is 39.7 Å². The number of aromatic nitrogens is 2. The van der Waals surface area contributed by atoms with Gasteiger partial charge in [0.1, 0.15) is 5.82 Å². The minimum atomic E-state index is 0.705. The van der Waals surface area contributed by atoms with E-state index in [0.29, 0.717) is 5.02 Å². The van der Waals surface area contributed by atoms with Crippen molar-refractivity contribution in [1.82, 2.24) is 9.55 Å². The molecule has 0 saturated heterocycles. The summed E-state index contributed by atoms with van der Waals surface area (Å²) < 4.78 is 3.11. The van der Waals surface area contributed by atoms with Gasteiger partial charge < -0.3 is 0 Å². The van der Waals surface area contributed by atoms with Crippen LogP contribution in [0.3, 0.4) is 0 Å². The second-order valence-electron chi connectivity index (χ2n) is 4.53. The lowest BCUT2D eigenvalue weighted by molar-refractivity contribution is 1.07. The topological polar surface area (TPSA) is 17.8 Å². The first-order chi connectivity index (χ1) is 9.65. The van der Waals surface area contributed by atoms with Gasteiger partial charge in [-0.15, -0.1) is 0 Å². The number of imidazole rings is 1. The highest BCUT2D eigenvalue weighted by Crippen LogP contribution is 2.29. The maximum atomic E-state index is 6.29. The third-order valence-corrected chi connectivity index (χ3v) is 3.90. The van der Waals surface area contributed by atoms with Crippen molar-refractivity contribution in [3.05, 3.63) is 69.9 Å². The summed E-state index contributed by atoms with van der Waals surface area (Å²) in [5.74, 6) is 0.857. The van der Waals surface area contributed by atoms with E-state index in [4.69, 9.17) is 11.6 Å². The Morgan fingerprint density at radius 2 is 1.75 bits per heavy atom. The Kier molecular flexibility index (Phi) is 3.64. The van der Waals surface area contributed by atoms with Crippen LogP contribution in [0, 0.1) is 6.92 Å². The van der Waals surface area contributed by atoms with Crippen molar-refractivity contribution in [2.45, 2.75) is 6.92 Å². The van der Waals surface area contributed by atoms with Crippen molar-refractivity contribution < 1.29 is 0 Å². The summed E-state index contributed by atoms with van der Waals surface area (Å²) in [6, 6.07) is 15.9. The van der Waals surface area contributed by atoms with Gasteiger partial charge in [0.2, 0.25) is 0 Å². The van der Waals surface area contributed by atoms with Gasteiger partial charge in [-0.2, -0.15) is 0 Å². The number of benzene rings is 2. The lowest BCUT2D eigenvalue weighted by Gasteiger charge is -2.09. The molecule has 0 N–H and O–H groups in total. The molecule has 0 aliphatic heterocycles. The minimum Gasteiger partial charge on any atom is -0.299 e. The predicted molar refractivity (Wildman–Crippen MR) is 86.4 cm³/mol. The van der Waals surface area contributed by atoms with Gasteiger partial charge in [-0.3, -0.25) is 4.57 Å². The standard InChI is InChI=1S/C16H12BrClN2/c1-11-10-20(13-8-6-12(17)7-9-13)16(19-11)14-4-2-3-5-15(14)18/h2-10H,1H3. The fourth-order valence-electron chi connectivity index (χ4n) is 2.13. The molecule has 1 heterocycles. The molecule has 0 unspecified atom stereocenters. The van der Waals surface area contributed by atoms with Crippen molar-refractivity contribution in [2.24, 2.45) is 0 Å². The van der Waals surface area contributed by atoms with Crippen molar-refractivity contribution in [3.8, 4) is 17.1 Å². The highest BCUT2D eigenvalue weighted by atomic mass is 79.9. The van der Waals surface area contributed by atoms with E-state index in [1.165, 1.54) is 0 Å². The third-order valence-electron chi connectivity index (χ3n) is 3.05. The van der Waals surface area contributed by atoms with E-state index in [-0.39, 0.29) is 0 Å². The summed E-state index contributed by atoms with van der Waals surface area (Å²) in [5.41, 5.74) is 2.96. The highest BCUT2D eigenvalue weighted by molar-refractivity contribution is 9.10. The van der Waals surface area contributed by atoms with Crippen molar-refractivity contribution in [3.63, 3.8) is 0 Å². The molecule has 100 valence electrons. The predicted octanol–water partition coefficient (Wildman–Crippen LogP) is 5.26. The zero-order valence-electron chi connectivity index (χ0n) is 10.8. The molecular formula is C16H12BrClN2. The minimum absolute atomic E-state index is 0.705. The van der Waals surface area contributed by atoms with Gasteiger partial charge in [0, 0.05) is 21.9 Å². The quantitative estimate of drug-likeness (QED) is 0.618. The summed E-state index contributed by atoms with van der Waals surface area (Å²) in [4.78, 5) is 4.61. The summed E-state index contributed by atoms with van der Waals surface area (Å²) in [7, 11) is 0. The molecule has 2 nitrogen and oxygen atoms in total. The zero-order chi connectivity index (χ0) is 14.1. The van der Waals surface area contributed by atoms with Gasteiger partial charge in [-0.05, 0) is 43.3 Å². The lowest BCUT2D eigenvalue weighted by atomic mass is 10.2. The lowest BCUT2D eigenvalue weighted by Crippen LogP contribution is -1.96. The Hall–Kier alpha value is -1.58.